The number of carboxylic acid groups (broad SMARTS) is 1. The number of hydrogen-bond acceptors (Lipinski definition) is 3. The maximum Gasteiger partial charge on any atom is 0.303 e. The molecule has 0 aliphatic heterocycles. The topological polar surface area (TPSA) is 86.6 Å². The summed E-state index contributed by atoms with van der Waals surface area (Å²) in [6.07, 6.45) is 3.90. The lowest BCUT2D eigenvalue weighted by Gasteiger charge is -2.21. The lowest BCUT2D eigenvalue weighted by atomic mass is 10.1. The Morgan fingerprint density at radius 1 is 1.12 bits per heavy atom. The van der Waals surface area contributed by atoms with Crippen LogP contribution in [0.1, 0.15) is 44.9 Å². The number of aliphatic carboxylic acids is 1. The first-order valence-electron chi connectivity index (χ1n) is 5.79. The van der Waals surface area contributed by atoms with Gasteiger partial charge in [-0.3, -0.25) is 9.59 Å². The molecule has 1 rings (SSSR count). The third-order valence-corrected chi connectivity index (χ3v) is 2.89. The van der Waals surface area contributed by atoms with Gasteiger partial charge in [-0.05, 0) is 12.8 Å². The van der Waals surface area contributed by atoms with Crippen molar-refractivity contribution in [3.8, 4) is 0 Å². The molecular weight excluding hydrogens is 210 g/mol. The average Bonchev–Trinajstić information content (AvgIpc) is 2.42. The standard InChI is InChI=1S/C11H19NO4/c13-9-5-3-1-2-4-8(9)12-10(14)6-7-11(15)16/h8-9,13H,1-7H2,(H,12,14)(H,15,16). The van der Waals surface area contributed by atoms with Gasteiger partial charge in [0, 0.05) is 6.42 Å². The molecule has 0 heterocycles. The molecule has 1 aliphatic carbocycles. The Bertz CT molecular complexity index is 254. The van der Waals surface area contributed by atoms with Crippen LogP contribution in [0, 0.1) is 0 Å². The minimum Gasteiger partial charge on any atom is -0.481 e. The second-order valence-corrected chi connectivity index (χ2v) is 4.27. The van der Waals surface area contributed by atoms with Gasteiger partial charge in [0.2, 0.25) is 5.91 Å². The van der Waals surface area contributed by atoms with E-state index < -0.39 is 12.1 Å². The molecule has 1 amide bonds. The molecule has 0 spiro atoms. The minimum absolute atomic E-state index is 0.0153. The van der Waals surface area contributed by atoms with Crippen molar-refractivity contribution in [3.05, 3.63) is 0 Å². The van der Waals surface area contributed by atoms with Crippen LogP contribution in [0.5, 0.6) is 0 Å². The van der Waals surface area contributed by atoms with E-state index in [4.69, 9.17) is 5.11 Å². The van der Waals surface area contributed by atoms with Gasteiger partial charge >= 0.3 is 5.97 Å². The van der Waals surface area contributed by atoms with E-state index in [2.05, 4.69) is 5.32 Å². The van der Waals surface area contributed by atoms with Gasteiger partial charge in [-0.25, -0.2) is 0 Å². The molecule has 0 saturated heterocycles. The number of nitrogens with one attached hydrogen (secondary N) is 1. The van der Waals surface area contributed by atoms with Gasteiger partial charge in [-0.1, -0.05) is 19.3 Å². The molecule has 0 bridgehead atoms. The summed E-state index contributed by atoms with van der Waals surface area (Å²) in [6, 6.07) is -0.205. The third kappa shape index (κ3) is 4.61. The van der Waals surface area contributed by atoms with E-state index in [1.165, 1.54) is 0 Å². The molecule has 16 heavy (non-hydrogen) atoms. The van der Waals surface area contributed by atoms with E-state index in [0.717, 1.165) is 25.7 Å². The van der Waals surface area contributed by atoms with E-state index in [-0.39, 0.29) is 24.8 Å². The van der Waals surface area contributed by atoms with Gasteiger partial charge in [0.1, 0.15) is 0 Å². The van der Waals surface area contributed by atoms with Crippen LogP contribution < -0.4 is 5.32 Å². The second kappa shape index (κ2) is 6.48. The fraction of sp³-hybridized carbons (Fsp3) is 0.818. The average molecular weight is 229 g/mol. The Labute approximate surface area is 94.8 Å². The SMILES string of the molecule is O=C(O)CCC(=O)NC1CCCCCC1O. The van der Waals surface area contributed by atoms with Crippen LogP contribution in [0.4, 0.5) is 0 Å². The molecule has 3 N–H and O–H groups in total. The van der Waals surface area contributed by atoms with Gasteiger partial charge in [-0.15, -0.1) is 0 Å². The summed E-state index contributed by atoms with van der Waals surface area (Å²) < 4.78 is 0. The molecule has 5 nitrogen and oxygen atoms in total. The van der Waals surface area contributed by atoms with E-state index in [1.54, 1.807) is 0 Å². The highest BCUT2D eigenvalue weighted by Gasteiger charge is 2.23. The fourth-order valence-corrected chi connectivity index (χ4v) is 1.96. The Balaban J connectivity index is 2.33. The molecule has 92 valence electrons. The first-order chi connectivity index (χ1) is 7.59. The first-order valence-corrected chi connectivity index (χ1v) is 5.79. The van der Waals surface area contributed by atoms with Crippen molar-refractivity contribution in [2.75, 3.05) is 0 Å². The molecule has 5 heteroatoms. The van der Waals surface area contributed by atoms with Crippen LogP contribution >= 0.6 is 0 Å². The van der Waals surface area contributed by atoms with Crippen LogP contribution in [0.3, 0.4) is 0 Å². The summed E-state index contributed by atoms with van der Waals surface area (Å²) in [6.45, 7) is 0. The van der Waals surface area contributed by atoms with Gasteiger partial charge in [-0.2, -0.15) is 0 Å². The van der Waals surface area contributed by atoms with Gasteiger partial charge in [0.15, 0.2) is 0 Å². The van der Waals surface area contributed by atoms with E-state index >= 15 is 0 Å². The number of carboxylic acids is 1. The molecule has 2 atom stereocenters. The Morgan fingerprint density at radius 2 is 1.81 bits per heavy atom. The highest BCUT2D eigenvalue weighted by atomic mass is 16.4. The Morgan fingerprint density at radius 3 is 2.50 bits per heavy atom. The van der Waals surface area contributed by atoms with Crippen LogP contribution in [-0.4, -0.2) is 34.2 Å². The van der Waals surface area contributed by atoms with Crippen molar-refractivity contribution in [2.45, 2.75) is 57.1 Å². The normalized spacial score (nSPS) is 25.8. The predicted molar refractivity (Wildman–Crippen MR) is 57.9 cm³/mol. The largest absolute Gasteiger partial charge is 0.481 e. The lowest BCUT2D eigenvalue weighted by Crippen LogP contribution is -2.42. The van der Waals surface area contributed by atoms with Gasteiger partial charge in [0.25, 0.3) is 0 Å². The summed E-state index contributed by atoms with van der Waals surface area (Å²) in [4.78, 5) is 21.7. The van der Waals surface area contributed by atoms with E-state index in [1.807, 2.05) is 0 Å². The molecule has 0 aromatic carbocycles. The minimum atomic E-state index is -0.975. The number of rotatable bonds is 4. The molecule has 0 radical (unpaired) electrons. The highest BCUT2D eigenvalue weighted by Crippen LogP contribution is 2.18. The van der Waals surface area contributed by atoms with Crippen LogP contribution in [-0.2, 0) is 9.59 Å². The monoisotopic (exact) mass is 229 g/mol. The lowest BCUT2D eigenvalue weighted by molar-refractivity contribution is -0.139. The summed E-state index contributed by atoms with van der Waals surface area (Å²) >= 11 is 0. The first kappa shape index (κ1) is 13.0. The zero-order valence-corrected chi connectivity index (χ0v) is 9.32. The summed E-state index contributed by atoms with van der Waals surface area (Å²) in [5.41, 5.74) is 0. The zero-order chi connectivity index (χ0) is 12.0. The molecule has 1 saturated carbocycles. The van der Waals surface area contributed by atoms with Crippen molar-refractivity contribution < 1.29 is 19.8 Å². The van der Waals surface area contributed by atoms with Gasteiger partial charge < -0.3 is 15.5 Å². The predicted octanol–water partition coefficient (Wildman–Crippen LogP) is 0.661. The molecule has 1 fully saturated rings. The second-order valence-electron chi connectivity index (χ2n) is 4.27. The Hall–Kier alpha value is -1.10. The highest BCUT2D eigenvalue weighted by molar-refractivity contribution is 5.80. The number of carbonyl (C=O) groups is 2. The van der Waals surface area contributed by atoms with E-state index in [0.29, 0.717) is 6.42 Å². The smallest absolute Gasteiger partial charge is 0.303 e. The van der Waals surface area contributed by atoms with Crippen LogP contribution in [0.25, 0.3) is 0 Å². The van der Waals surface area contributed by atoms with Crippen LogP contribution in [0.2, 0.25) is 0 Å². The summed E-state index contributed by atoms with van der Waals surface area (Å²) in [5.74, 6) is -1.26. The van der Waals surface area contributed by atoms with Crippen molar-refractivity contribution >= 4 is 11.9 Å². The number of aliphatic hydroxyl groups excluding tert-OH is 1. The Kier molecular flexibility index (Phi) is 5.25. The molecular formula is C11H19NO4. The van der Waals surface area contributed by atoms with Crippen molar-refractivity contribution in [3.63, 3.8) is 0 Å². The fourth-order valence-electron chi connectivity index (χ4n) is 1.96. The molecule has 2 unspecified atom stereocenters. The third-order valence-electron chi connectivity index (χ3n) is 2.89. The molecule has 0 aromatic rings. The summed E-state index contributed by atoms with van der Waals surface area (Å²) in [7, 11) is 0. The quantitative estimate of drug-likeness (QED) is 0.618. The summed E-state index contributed by atoms with van der Waals surface area (Å²) in [5, 5.41) is 20.9. The number of amides is 1. The molecule has 0 aromatic heterocycles. The zero-order valence-electron chi connectivity index (χ0n) is 9.32. The van der Waals surface area contributed by atoms with E-state index in [9.17, 15) is 14.7 Å². The maximum absolute atomic E-state index is 11.4. The number of aliphatic hydroxyl groups is 1. The van der Waals surface area contributed by atoms with Gasteiger partial charge in [0.05, 0.1) is 18.6 Å². The van der Waals surface area contributed by atoms with Crippen molar-refractivity contribution in [1.82, 2.24) is 5.32 Å². The maximum atomic E-state index is 11.4. The number of hydrogen-bond donors (Lipinski definition) is 3. The van der Waals surface area contributed by atoms with Crippen molar-refractivity contribution in [1.29, 1.82) is 0 Å². The molecule has 1 aliphatic rings. The number of carbonyl (C=O) groups excluding carboxylic acids is 1. The van der Waals surface area contributed by atoms with Crippen LogP contribution in [0.15, 0.2) is 0 Å². The van der Waals surface area contributed by atoms with Crippen molar-refractivity contribution in [2.24, 2.45) is 0 Å².